The van der Waals surface area contributed by atoms with Crippen molar-refractivity contribution in [2.24, 2.45) is 5.92 Å². The minimum Gasteiger partial charge on any atom is -0.345 e. The summed E-state index contributed by atoms with van der Waals surface area (Å²) >= 11 is 0. The zero-order valence-electron chi connectivity index (χ0n) is 19.4. The second-order valence-corrected chi connectivity index (χ2v) is 8.70. The van der Waals surface area contributed by atoms with E-state index in [0.29, 0.717) is 6.54 Å². The number of amides is 2. The highest BCUT2D eigenvalue weighted by Gasteiger charge is 2.34. The number of alkyl halides is 3. The third-order valence-electron chi connectivity index (χ3n) is 5.88. The van der Waals surface area contributed by atoms with E-state index in [-0.39, 0.29) is 24.2 Å². The van der Waals surface area contributed by atoms with Crippen LogP contribution in [0.3, 0.4) is 0 Å². The van der Waals surface area contributed by atoms with Gasteiger partial charge in [0.1, 0.15) is 0 Å². The fraction of sp³-hybridized carbons (Fsp3) is 0.346. The maximum Gasteiger partial charge on any atom is 0.418 e. The molecule has 0 saturated carbocycles. The van der Waals surface area contributed by atoms with Crippen molar-refractivity contribution in [1.29, 1.82) is 0 Å². The first-order chi connectivity index (χ1) is 15.6. The van der Waals surface area contributed by atoms with Crippen LogP contribution in [0.5, 0.6) is 0 Å². The number of nitrogens with zero attached hydrogens (tertiary/aromatic N) is 2. The topological polar surface area (TPSA) is 37.3 Å². The molecule has 0 spiro atoms. The number of nitrogens with one attached hydrogen (secondary N) is 1. The van der Waals surface area contributed by atoms with Crippen LogP contribution in [0.4, 0.5) is 23.7 Å². The lowest BCUT2D eigenvalue weighted by atomic mass is 10.0. The number of urea groups is 1. The van der Waals surface area contributed by atoms with Crippen LogP contribution < -0.4 is 5.32 Å². The number of aromatic nitrogens is 1. The summed E-state index contributed by atoms with van der Waals surface area (Å²) in [6.45, 7) is 8.84. The highest BCUT2D eigenvalue weighted by Crippen LogP contribution is 2.34. The number of rotatable bonds is 7. The largest absolute Gasteiger partial charge is 0.418 e. The smallest absolute Gasteiger partial charge is 0.345 e. The second-order valence-electron chi connectivity index (χ2n) is 8.70. The third kappa shape index (κ3) is 6.18. The molecule has 1 aromatic heterocycles. The van der Waals surface area contributed by atoms with Crippen molar-refractivity contribution in [3.8, 4) is 0 Å². The van der Waals surface area contributed by atoms with Crippen LogP contribution in [0.15, 0.2) is 66.9 Å². The summed E-state index contributed by atoms with van der Waals surface area (Å²) in [5.74, 6) is 0.119. The zero-order chi connectivity index (χ0) is 24.2. The molecule has 1 N–H and O–H groups in total. The summed E-state index contributed by atoms with van der Waals surface area (Å²) in [7, 11) is 0. The Bertz CT molecular complexity index is 1090. The molecule has 0 aliphatic carbocycles. The van der Waals surface area contributed by atoms with E-state index in [1.807, 2.05) is 64.2 Å². The predicted octanol–water partition coefficient (Wildman–Crippen LogP) is 6.94. The van der Waals surface area contributed by atoms with Crippen molar-refractivity contribution < 1.29 is 18.0 Å². The lowest BCUT2D eigenvalue weighted by Gasteiger charge is -2.32. The normalized spacial score (nSPS) is 12.6. The number of hydrogen-bond acceptors (Lipinski definition) is 1. The Morgan fingerprint density at radius 2 is 1.76 bits per heavy atom. The molecule has 176 valence electrons. The first-order valence-electron chi connectivity index (χ1n) is 11.0. The van der Waals surface area contributed by atoms with E-state index < -0.39 is 17.8 Å². The standard InChI is InChI=1S/C26H30F3N3O/c1-18(2)20(4)32(25(33)30-24-13-6-5-12-23(24)26(27,28)29)17-22-11-8-14-31(22)16-21-10-7-9-19(3)15-21/h5-15,18,20H,16-17H2,1-4H3,(H,30,33). The average Bonchev–Trinajstić information content (AvgIpc) is 3.17. The van der Waals surface area contributed by atoms with Crippen LogP contribution in [0.25, 0.3) is 0 Å². The molecule has 0 radical (unpaired) electrons. The molecule has 3 aromatic rings. The molecule has 0 aliphatic rings. The van der Waals surface area contributed by atoms with Gasteiger partial charge in [0, 0.05) is 24.5 Å². The molecule has 1 unspecified atom stereocenters. The van der Waals surface area contributed by atoms with Gasteiger partial charge in [-0.05, 0) is 49.6 Å². The molecule has 1 atom stereocenters. The van der Waals surface area contributed by atoms with Crippen LogP contribution >= 0.6 is 0 Å². The zero-order valence-corrected chi connectivity index (χ0v) is 19.4. The van der Waals surface area contributed by atoms with Crippen molar-refractivity contribution in [2.75, 3.05) is 5.32 Å². The Kier molecular flexibility index (Phi) is 7.51. The van der Waals surface area contributed by atoms with Gasteiger partial charge in [-0.3, -0.25) is 0 Å². The molecule has 3 rings (SSSR count). The van der Waals surface area contributed by atoms with E-state index in [2.05, 4.69) is 16.0 Å². The van der Waals surface area contributed by atoms with Crippen molar-refractivity contribution in [3.63, 3.8) is 0 Å². The second kappa shape index (κ2) is 10.1. The first-order valence-corrected chi connectivity index (χ1v) is 11.0. The maximum atomic E-state index is 13.4. The molecule has 0 bridgehead atoms. The summed E-state index contributed by atoms with van der Waals surface area (Å²) in [5.41, 5.74) is 2.10. The van der Waals surface area contributed by atoms with Crippen molar-refractivity contribution in [2.45, 2.75) is 53.0 Å². The van der Waals surface area contributed by atoms with E-state index in [4.69, 9.17) is 0 Å². The Balaban J connectivity index is 1.85. The van der Waals surface area contributed by atoms with E-state index in [1.165, 1.54) is 23.8 Å². The van der Waals surface area contributed by atoms with Gasteiger partial charge in [-0.1, -0.05) is 55.8 Å². The highest BCUT2D eigenvalue weighted by atomic mass is 19.4. The summed E-state index contributed by atoms with van der Waals surface area (Å²) in [5, 5.41) is 2.50. The minimum absolute atomic E-state index is 0.119. The van der Waals surface area contributed by atoms with Gasteiger partial charge in [0.25, 0.3) is 0 Å². The Hall–Kier alpha value is -3.22. The van der Waals surface area contributed by atoms with Gasteiger partial charge in [0.2, 0.25) is 0 Å². The number of anilines is 1. The Morgan fingerprint density at radius 3 is 2.42 bits per heavy atom. The molecular weight excluding hydrogens is 427 g/mol. The van der Waals surface area contributed by atoms with Crippen LogP contribution in [0.2, 0.25) is 0 Å². The van der Waals surface area contributed by atoms with Gasteiger partial charge < -0.3 is 14.8 Å². The van der Waals surface area contributed by atoms with E-state index in [9.17, 15) is 18.0 Å². The van der Waals surface area contributed by atoms with Gasteiger partial charge in [0.05, 0.1) is 17.8 Å². The molecule has 1 heterocycles. The molecule has 0 aliphatic heterocycles. The molecule has 2 amide bonds. The summed E-state index contributed by atoms with van der Waals surface area (Å²) in [6, 6.07) is 16.3. The summed E-state index contributed by atoms with van der Waals surface area (Å²) in [4.78, 5) is 14.8. The van der Waals surface area contributed by atoms with Gasteiger partial charge in [-0.2, -0.15) is 13.2 Å². The van der Waals surface area contributed by atoms with Gasteiger partial charge >= 0.3 is 12.2 Å². The van der Waals surface area contributed by atoms with Crippen molar-refractivity contribution in [3.05, 3.63) is 89.2 Å². The summed E-state index contributed by atoms with van der Waals surface area (Å²) < 4.78 is 42.3. The molecule has 7 heteroatoms. The van der Waals surface area contributed by atoms with Gasteiger partial charge in [-0.25, -0.2) is 4.79 Å². The number of aryl methyl sites for hydroxylation is 1. The third-order valence-corrected chi connectivity index (χ3v) is 5.88. The number of hydrogen-bond donors (Lipinski definition) is 1. The van der Waals surface area contributed by atoms with Crippen LogP contribution in [0, 0.1) is 12.8 Å². The maximum absolute atomic E-state index is 13.4. The molecule has 33 heavy (non-hydrogen) atoms. The fourth-order valence-corrected chi connectivity index (χ4v) is 3.72. The van der Waals surface area contributed by atoms with E-state index in [0.717, 1.165) is 17.3 Å². The van der Waals surface area contributed by atoms with Crippen molar-refractivity contribution >= 4 is 11.7 Å². The molecule has 0 saturated heterocycles. The van der Waals surface area contributed by atoms with Crippen LogP contribution in [0.1, 0.15) is 43.2 Å². The minimum atomic E-state index is -4.55. The van der Waals surface area contributed by atoms with Gasteiger partial charge in [-0.15, -0.1) is 0 Å². The van der Waals surface area contributed by atoms with Crippen LogP contribution in [-0.2, 0) is 19.3 Å². The van der Waals surface area contributed by atoms with E-state index in [1.54, 1.807) is 4.90 Å². The Labute approximate surface area is 193 Å². The highest BCUT2D eigenvalue weighted by molar-refractivity contribution is 5.90. The summed E-state index contributed by atoms with van der Waals surface area (Å²) in [6.07, 6.45) is -2.60. The SMILES string of the molecule is Cc1cccc(Cn2cccc2CN(C(=O)Nc2ccccc2C(F)(F)F)C(C)C(C)C)c1. The fourth-order valence-electron chi connectivity index (χ4n) is 3.72. The number of halogens is 3. The molecular formula is C26H30F3N3O. The van der Waals surface area contributed by atoms with Crippen molar-refractivity contribution in [1.82, 2.24) is 9.47 Å². The predicted molar refractivity (Wildman–Crippen MR) is 125 cm³/mol. The average molecular weight is 458 g/mol. The number of para-hydroxylation sites is 1. The monoisotopic (exact) mass is 457 g/mol. The number of carbonyl (C=O) groups excluding carboxylic acids is 1. The lowest BCUT2D eigenvalue weighted by Crippen LogP contribution is -2.44. The lowest BCUT2D eigenvalue weighted by molar-refractivity contribution is -0.136. The quantitative estimate of drug-likeness (QED) is 0.410. The van der Waals surface area contributed by atoms with Gasteiger partial charge in [0.15, 0.2) is 0 Å². The molecule has 0 fully saturated rings. The number of benzene rings is 2. The molecule has 2 aromatic carbocycles. The Morgan fingerprint density at radius 1 is 1.03 bits per heavy atom. The first kappa shape index (κ1) is 24.4. The molecule has 4 nitrogen and oxygen atoms in total. The number of carbonyl (C=O) groups is 1. The van der Waals surface area contributed by atoms with Crippen LogP contribution in [-0.4, -0.2) is 21.5 Å². The van der Waals surface area contributed by atoms with E-state index >= 15 is 0 Å².